The molecule has 26 heavy (non-hydrogen) atoms. The maximum atomic E-state index is 12.7. The lowest BCUT2D eigenvalue weighted by Gasteiger charge is -2.33. The number of carbonyl (C=O) groups excluding carboxylic acids is 3. The molecule has 0 fully saturated rings. The summed E-state index contributed by atoms with van der Waals surface area (Å²) in [6.07, 6.45) is 0. The number of nitrogens with one attached hydrogen (secondary N) is 2. The average molecular weight is 354 g/mol. The fourth-order valence-electron chi connectivity index (χ4n) is 2.58. The summed E-state index contributed by atoms with van der Waals surface area (Å²) in [5, 5.41) is 5.31. The fourth-order valence-corrected chi connectivity index (χ4v) is 2.58. The van der Waals surface area contributed by atoms with Crippen molar-refractivity contribution in [2.45, 2.75) is 19.4 Å². The zero-order chi connectivity index (χ0) is 18.9. The Balaban J connectivity index is 1.84. The van der Waals surface area contributed by atoms with E-state index >= 15 is 0 Å². The van der Waals surface area contributed by atoms with Gasteiger partial charge in [0, 0.05) is 5.69 Å². The lowest BCUT2D eigenvalue weighted by Crippen LogP contribution is -2.56. The molecule has 0 spiro atoms. The summed E-state index contributed by atoms with van der Waals surface area (Å²) >= 11 is 0. The normalized spacial score (nSPS) is 18.2. The fraction of sp³-hybridized carbons (Fsp3) is 0.211. The Labute approximate surface area is 150 Å². The van der Waals surface area contributed by atoms with E-state index < -0.39 is 23.4 Å². The summed E-state index contributed by atoms with van der Waals surface area (Å²) in [6, 6.07) is 11.5. The van der Waals surface area contributed by atoms with E-state index in [9.17, 15) is 14.4 Å². The molecule has 2 N–H and O–H groups in total. The van der Waals surface area contributed by atoms with Crippen LogP contribution < -0.4 is 15.4 Å². The van der Waals surface area contributed by atoms with Gasteiger partial charge in [-0.1, -0.05) is 12.1 Å². The third-order valence-corrected chi connectivity index (χ3v) is 4.11. The Morgan fingerprint density at radius 3 is 2.69 bits per heavy atom. The molecule has 3 rings (SSSR count). The SMILES string of the molecule is COC(=O)c1cccc(NC(=O)C2(C)Oc3ccc(C)cc3NC2=O)c1. The predicted octanol–water partition coefficient (Wildman–Crippen LogP) is 2.51. The van der Waals surface area contributed by atoms with E-state index in [1.807, 2.05) is 13.0 Å². The van der Waals surface area contributed by atoms with Gasteiger partial charge in [0.1, 0.15) is 5.75 Å². The number of anilines is 2. The Morgan fingerprint density at radius 1 is 1.19 bits per heavy atom. The highest BCUT2D eigenvalue weighted by molar-refractivity contribution is 6.19. The van der Waals surface area contributed by atoms with Crippen molar-refractivity contribution in [3.05, 3.63) is 53.6 Å². The summed E-state index contributed by atoms with van der Waals surface area (Å²) in [6.45, 7) is 3.28. The van der Waals surface area contributed by atoms with Crippen molar-refractivity contribution in [2.75, 3.05) is 17.7 Å². The molecule has 7 heteroatoms. The van der Waals surface area contributed by atoms with Crippen molar-refractivity contribution in [3.63, 3.8) is 0 Å². The van der Waals surface area contributed by atoms with Crippen LogP contribution >= 0.6 is 0 Å². The van der Waals surface area contributed by atoms with E-state index in [0.717, 1.165) is 5.56 Å². The molecule has 0 saturated heterocycles. The standard InChI is InChI=1S/C19H18N2O5/c1-11-7-8-15-14(9-11)21-18(24)19(2,26-15)17(23)20-13-6-4-5-12(10-13)16(22)25-3/h4-10H,1-3H3,(H,20,23)(H,21,24). The minimum absolute atomic E-state index is 0.283. The van der Waals surface area contributed by atoms with Gasteiger partial charge in [-0.05, 0) is 49.7 Å². The number of esters is 1. The number of aryl methyl sites for hydroxylation is 1. The van der Waals surface area contributed by atoms with Gasteiger partial charge < -0.3 is 20.1 Å². The first-order chi connectivity index (χ1) is 12.3. The predicted molar refractivity (Wildman–Crippen MR) is 95.3 cm³/mol. The van der Waals surface area contributed by atoms with E-state index in [1.54, 1.807) is 30.3 Å². The topological polar surface area (TPSA) is 93.7 Å². The second-order valence-electron chi connectivity index (χ2n) is 6.12. The van der Waals surface area contributed by atoms with E-state index in [0.29, 0.717) is 17.1 Å². The number of rotatable bonds is 3. The largest absolute Gasteiger partial charge is 0.466 e. The van der Waals surface area contributed by atoms with Crippen LogP contribution in [0.4, 0.5) is 11.4 Å². The molecule has 1 aliphatic rings. The molecular weight excluding hydrogens is 336 g/mol. The highest BCUT2D eigenvalue weighted by Gasteiger charge is 2.47. The molecule has 1 heterocycles. The molecule has 0 bridgehead atoms. The van der Waals surface area contributed by atoms with Crippen molar-refractivity contribution in [2.24, 2.45) is 0 Å². The van der Waals surface area contributed by atoms with Crippen LogP contribution in [0.3, 0.4) is 0 Å². The minimum atomic E-state index is -1.75. The van der Waals surface area contributed by atoms with Gasteiger partial charge in [0.15, 0.2) is 0 Å². The number of hydrogen-bond donors (Lipinski definition) is 2. The van der Waals surface area contributed by atoms with E-state index in [1.165, 1.54) is 20.1 Å². The van der Waals surface area contributed by atoms with Gasteiger partial charge in [-0.2, -0.15) is 0 Å². The molecule has 134 valence electrons. The summed E-state index contributed by atoms with van der Waals surface area (Å²) in [5.74, 6) is -1.33. The van der Waals surface area contributed by atoms with Crippen LogP contribution in [0.25, 0.3) is 0 Å². The Morgan fingerprint density at radius 2 is 1.96 bits per heavy atom. The Hall–Kier alpha value is -3.35. The van der Waals surface area contributed by atoms with Gasteiger partial charge in [0.05, 0.1) is 18.4 Å². The van der Waals surface area contributed by atoms with E-state index in [2.05, 4.69) is 15.4 Å². The van der Waals surface area contributed by atoms with Crippen molar-refractivity contribution in [3.8, 4) is 5.75 Å². The van der Waals surface area contributed by atoms with Gasteiger partial charge in [-0.3, -0.25) is 9.59 Å². The Kier molecular flexibility index (Phi) is 4.38. The molecule has 7 nitrogen and oxygen atoms in total. The van der Waals surface area contributed by atoms with Gasteiger partial charge in [0.25, 0.3) is 17.4 Å². The number of methoxy groups -OCH3 is 1. The quantitative estimate of drug-likeness (QED) is 0.652. The van der Waals surface area contributed by atoms with E-state index in [4.69, 9.17) is 4.74 Å². The average Bonchev–Trinajstić information content (AvgIpc) is 2.62. The summed E-state index contributed by atoms with van der Waals surface area (Å²) < 4.78 is 10.4. The maximum absolute atomic E-state index is 12.7. The minimum Gasteiger partial charge on any atom is -0.466 e. The van der Waals surface area contributed by atoms with Crippen molar-refractivity contribution in [1.29, 1.82) is 0 Å². The number of hydrogen-bond acceptors (Lipinski definition) is 5. The van der Waals surface area contributed by atoms with Gasteiger partial charge >= 0.3 is 5.97 Å². The summed E-state index contributed by atoms with van der Waals surface area (Å²) in [4.78, 5) is 36.8. The second-order valence-corrected chi connectivity index (χ2v) is 6.12. The molecule has 0 aromatic heterocycles. The molecule has 0 aliphatic carbocycles. The number of benzene rings is 2. The first kappa shape index (κ1) is 17.5. The molecule has 1 aliphatic heterocycles. The van der Waals surface area contributed by atoms with Crippen LogP contribution in [-0.4, -0.2) is 30.5 Å². The van der Waals surface area contributed by atoms with Crippen LogP contribution in [-0.2, 0) is 14.3 Å². The number of ether oxygens (including phenoxy) is 2. The molecular formula is C19H18N2O5. The second kappa shape index (κ2) is 6.51. The van der Waals surface area contributed by atoms with Crippen LogP contribution in [0, 0.1) is 6.92 Å². The summed E-state index contributed by atoms with van der Waals surface area (Å²) in [5.41, 5.74) is 0.368. The smallest absolute Gasteiger partial charge is 0.337 e. The van der Waals surface area contributed by atoms with Crippen molar-refractivity contribution >= 4 is 29.2 Å². The lowest BCUT2D eigenvalue weighted by atomic mass is 10.0. The molecule has 1 unspecified atom stereocenters. The number of amides is 2. The van der Waals surface area contributed by atoms with Gasteiger partial charge in [-0.25, -0.2) is 4.79 Å². The Bertz CT molecular complexity index is 909. The van der Waals surface area contributed by atoms with Crippen LogP contribution in [0.15, 0.2) is 42.5 Å². The zero-order valence-electron chi connectivity index (χ0n) is 14.6. The monoisotopic (exact) mass is 354 g/mol. The van der Waals surface area contributed by atoms with Gasteiger partial charge in [-0.15, -0.1) is 0 Å². The van der Waals surface area contributed by atoms with Crippen molar-refractivity contribution in [1.82, 2.24) is 0 Å². The molecule has 2 amide bonds. The molecule has 1 atom stereocenters. The van der Waals surface area contributed by atoms with Gasteiger partial charge in [0.2, 0.25) is 0 Å². The number of fused-ring (bicyclic) bond motifs is 1. The molecule has 0 saturated carbocycles. The molecule has 0 radical (unpaired) electrons. The van der Waals surface area contributed by atoms with E-state index in [-0.39, 0.29) is 5.56 Å². The van der Waals surface area contributed by atoms with Crippen LogP contribution in [0.1, 0.15) is 22.8 Å². The third kappa shape index (κ3) is 3.11. The zero-order valence-corrected chi connectivity index (χ0v) is 14.6. The maximum Gasteiger partial charge on any atom is 0.337 e. The summed E-state index contributed by atoms with van der Waals surface area (Å²) in [7, 11) is 1.27. The van der Waals surface area contributed by atoms with Crippen LogP contribution in [0.2, 0.25) is 0 Å². The first-order valence-electron chi connectivity index (χ1n) is 7.94. The van der Waals surface area contributed by atoms with Crippen LogP contribution in [0.5, 0.6) is 5.75 Å². The molecule has 2 aromatic carbocycles. The lowest BCUT2D eigenvalue weighted by molar-refractivity contribution is -0.143. The highest BCUT2D eigenvalue weighted by Crippen LogP contribution is 2.34. The molecule has 2 aromatic rings. The van der Waals surface area contributed by atoms with Crippen molar-refractivity contribution < 1.29 is 23.9 Å². The third-order valence-electron chi connectivity index (χ3n) is 4.11. The first-order valence-corrected chi connectivity index (χ1v) is 7.94. The number of carbonyl (C=O) groups is 3. The highest BCUT2D eigenvalue weighted by atomic mass is 16.5.